The molecule has 1 N–H and O–H groups in total. The Balaban J connectivity index is 1.47. The first-order valence-corrected chi connectivity index (χ1v) is 12.8. The fourth-order valence-corrected chi connectivity index (χ4v) is 5.80. The summed E-state index contributed by atoms with van der Waals surface area (Å²) in [5.74, 6) is -0.650. The molecule has 0 saturated carbocycles. The summed E-state index contributed by atoms with van der Waals surface area (Å²) >= 11 is 6.56. The number of aryl methyl sites for hydroxylation is 1. The van der Waals surface area contributed by atoms with E-state index < -0.39 is 28.6 Å². The van der Waals surface area contributed by atoms with Crippen LogP contribution in [0.5, 0.6) is 0 Å². The highest BCUT2D eigenvalue weighted by Crippen LogP contribution is 2.40. The molecule has 2 aromatic heterocycles. The van der Waals surface area contributed by atoms with E-state index in [2.05, 4.69) is 10.3 Å². The molecule has 5 rings (SSSR count). The Bertz CT molecular complexity index is 1470. The second-order valence-electron chi connectivity index (χ2n) is 10.2. The summed E-state index contributed by atoms with van der Waals surface area (Å²) < 4.78 is 49.2. The van der Waals surface area contributed by atoms with Gasteiger partial charge in [-0.15, -0.1) is 0 Å². The minimum atomic E-state index is -4.72. The maximum atomic E-state index is 14.1. The van der Waals surface area contributed by atoms with E-state index in [4.69, 9.17) is 16.3 Å². The van der Waals surface area contributed by atoms with Gasteiger partial charge in [0, 0.05) is 63.5 Å². The summed E-state index contributed by atoms with van der Waals surface area (Å²) in [6.07, 6.45) is -3.94. The maximum Gasteiger partial charge on any atom is 0.418 e. The average Bonchev–Trinajstić information content (AvgIpc) is 3.29. The van der Waals surface area contributed by atoms with Crippen molar-refractivity contribution in [2.24, 2.45) is 12.5 Å². The number of ether oxygens (including phenoxy) is 1. The van der Waals surface area contributed by atoms with Crippen molar-refractivity contribution in [1.82, 2.24) is 19.8 Å². The van der Waals surface area contributed by atoms with E-state index in [1.54, 1.807) is 19.2 Å². The highest BCUT2D eigenvalue weighted by Gasteiger charge is 2.49. The number of pyridine rings is 2. The molecule has 38 heavy (non-hydrogen) atoms. The standard InChI is InChI=1S/C27H28ClF3N4O3/c1-34-22-11-18(20(28)10-16(22)3-4-23(34)36)13-35-8-6-26(14-35,15-38-2)25(37)24-19(27(29,30)31)9-17-12-32-7-5-21(17)33-24/h3-4,9-11,32H,5-8,12-15H2,1-2H3. The molecule has 1 aromatic carbocycles. The van der Waals surface area contributed by atoms with E-state index in [-0.39, 0.29) is 25.3 Å². The number of methoxy groups -OCH3 is 1. The third kappa shape index (κ3) is 4.86. The summed E-state index contributed by atoms with van der Waals surface area (Å²) in [5, 5.41) is 4.38. The van der Waals surface area contributed by atoms with E-state index in [1.165, 1.54) is 17.7 Å². The molecule has 4 heterocycles. The number of rotatable bonds is 6. The fraction of sp³-hybridized carbons (Fsp3) is 0.444. The molecule has 2 aliphatic rings. The quantitative estimate of drug-likeness (QED) is 0.470. The van der Waals surface area contributed by atoms with Gasteiger partial charge in [-0.25, -0.2) is 4.98 Å². The molecule has 0 amide bonds. The minimum Gasteiger partial charge on any atom is -0.384 e. The van der Waals surface area contributed by atoms with Crippen LogP contribution in [0.25, 0.3) is 10.9 Å². The highest BCUT2D eigenvalue weighted by molar-refractivity contribution is 6.32. The van der Waals surface area contributed by atoms with E-state index in [1.807, 2.05) is 11.0 Å². The van der Waals surface area contributed by atoms with Gasteiger partial charge in [-0.2, -0.15) is 13.2 Å². The van der Waals surface area contributed by atoms with Crippen LogP contribution < -0.4 is 10.9 Å². The summed E-state index contributed by atoms with van der Waals surface area (Å²) in [5.41, 5.74) is -0.391. The van der Waals surface area contributed by atoms with Crippen LogP contribution in [-0.4, -0.2) is 53.6 Å². The molecule has 0 radical (unpaired) electrons. The molecule has 1 saturated heterocycles. The second kappa shape index (κ2) is 10.1. The summed E-state index contributed by atoms with van der Waals surface area (Å²) in [6.45, 7) is 1.88. The van der Waals surface area contributed by atoms with Gasteiger partial charge in [-0.3, -0.25) is 14.5 Å². The first-order valence-electron chi connectivity index (χ1n) is 12.4. The molecular formula is C27H28ClF3N4O3. The smallest absolute Gasteiger partial charge is 0.384 e. The van der Waals surface area contributed by atoms with Gasteiger partial charge in [0.25, 0.3) is 5.56 Å². The van der Waals surface area contributed by atoms with Crippen molar-refractivity contribution < 1.29 is 22.7 Å². The Labute approximate surface area is 222 Å². The Morgan fingerprint density at radius 1 is 1.26 bits per heavy atom. The van der Waals surface area contributed by atoms with Crippen LogP contribution in [0.4, 0.5) is 13.2 Å². The molecule has 7 nitrogen and oxygen atoms in total. The van der Waals surface area contributed by atoms with Gasteiger partial charge < -0.3 is 14.6 Å². The predicted molar refractivity (Wildman–Crippen MR) is 137 cm³/mol. The number of Topliss-reactive ketones (excluding diaryl/α,β-unsaturated/α-hetero) is 1. The van der Waals surface area contributed by atoms with E-state index in [9.17, 15) is 22.8 Å². The van der Waals surface area contributed by atoms with Gasteiger partial charge in [-0.05, 0) is 53.7 Å². The Hall–Kier alpha value is -2.79. The second-order valence-corrected chi connectivity index (χ2v) is 10.6. The van der Waals surface area contributed by atoms with Crippen molar-refractivity contribution in [3.63, 3.8) is 0 Å². The van der Waals surface area contributed by atoms with Gasteiger partial charge in [0.2, 0.25) is 0 Å². The van der Waals surface area contributed by atoms with Crippen molar-refractivity contribution in [2.75, 3.05) is 33.4 Å². The summed E-state index contributed by atoms with van der Waals surface area (Å²) in [6, 6.07) is 7.89. The van der Waals surface area contributed by atoms with E-state index in [0.717, 1.165) is 22.5 Å². The number of carbonyl (C=O) groups is 1. The molecule has 2 aliphatic heterocycles. The molecule has 3 aromatic rings. The highest BCUT2D eigenvalue weighted by atomic mass is 35.5. The zero-order valence-electron chi connectivity index (χ0n) is 21.1. The molecule has 0 aliphatic carbocycles. The van der Waals surface area contributed by atoms with Crippen molar-refractivity contribution in [2.45, 2.75) is 32.1 Å². The fourth-order valence-electron chi connectivity index (χ4n) is 5.57. The lowest BCUT2D eigenvalue weighted by molar-refractivity contribution is -0.138. The number of hydrogen-bond donors (Lipinski definition) is 1. The first kappa shape index (κ1) is 26.8. The van der Waals surface area contributed by atoms with Crippen LogP contribution in [0, 0.1) is 5.41 Å². The zero-order valence-corrected chi connectivity index (χ0v) is 21.9. The number of carbonyl (C=O) groups excluding carboxylic acids is 1. The molecule has 0 spiro atoms. The Morgan fingerprint density at radius 3 is 2.79 bits per heavy atom. The van der Waals surface area contributed by atoms with E-state index >= 15 is 0 Å². The van der Waals surface area contributed by atoms with Crippen molar-refractivity contribution >= 4 is 28.3 Å². The number of nitrogens with one attached hydrogen (secondary N) is 1. The first-order chi connectivity index (χ1) is 18.0. The van der Waals surface area contributed by atoms with Crippen LogP contribution in [-0.2, 0) is 37.5 Å². The number of alkyl halides is 3. The minimum absolute atomic E-state index is 0.0279. The van der Waals surface area contributed by atoms with Gasteiger partial charge in [0.15, 0.2) is 5.78 Å². The van der Waals surface area contributed by atoms with Crippen molar-refractivity contribution in [1.29, 1.82) is 0 Å². The number of likely N-dealkylation sites (tertiary alicyclic amines) is 1. The number of ketones is 1. The lowest BCUT2D eigenvalue weighted by atomic mass is 9.80. The number of benzene rings is 1. The molecular weight excluding hydrogens is 521 g/mol. The zero-order chi connectivity index (χ0) is 27.2. The third-order valence-corrected chi connectivity index (χ3v) is 7.94. The van der Waals surface area contributed by atoms with Crippen molar-refractivity contribution in [3.8, 4) is 0 Å². The summed E-state index contributed by atoms with van der Waals surface area (Å²) in [4.78, 5) is 32.3. The topological polar surface area (TPSA) is 76.5 Å². The number of aromatic nitrogens is 2. The van der Waals surface area contributed by atoms with Crippen LogP contribution >= 0.6 is 11.6 Å². The average molecular weight is 549 g/mol. The molecule has 1 unspecified atom stereocenters. The van der Waals surface area contributed by atoms with Crippen LogP contribution in [0.2, 0.25) is 5.02 Å². The number of nitrogens with zero attached hydrogens (tertiary/aromatic N) is 3. The predicted octanol–water partition coefficient (Wildman–Crippen LogP) is 3.97. The van der Waals surface area contributed by atoms with Gasteiger partial charge in [-0.1, -0.05) is 11.6 Å². The Kier molecular flexibility index (Phi) is 7.10. The molecule has 202 valence electrons. The lowest BCUT2D eigenvalue weighted by Crippen LogP contribution is -2.40. The molecule has 1 atom stereocenters. The lowest BCUT2D eigenvalue weighted by Gasteiger charge is -2.29. The summed E-state index contributed by atoms with van der Waals surface area (Å²) in [7, 11) is 3.12. The number of fused-ring (bicyclic) bond motifs is 2. The molecule has 1 fully saturated rings. The Morgan fingerprint density at radius 2 is 2.05 bits per heavy atom. The molecule has 0 bridgehead atoms. The van der Waals surface area contributed by atoms with Gasteiger partial charge >= 0.3 is 6.18 Å². The van der Waals surface area contributed by atoms with Crippen molar-refractivity contribution in [3.05, 3.63) is 73.8 Å². The number of halogens is 4. The van der Waals surface area contributed by atoms with Crippen LogP contribution in [0.1, 0.15) is 39.3 Å². The normalized spacial score (nSPS) is 20.2. The maximum absolute atomic E-state index is 14.1. The molecule has 11 heteroatoms. The van der Waals surface area contributed by atoms with Gasteiger partial charge in [0.1, 0.15) is 5.69 Å². The largest absolute Gasteiger partial charge is 0.418 e. The van der Waals surface area contributed by atoms with Crippen LogP contribution in [0.3, 0.4) is 0 Å². The van der Waals surface area contributed by atoms with Crippen LogP contribution in [0.15, 0.2) is 35.1 Å². The van der Waals surface area contributed by atoms with Gasteiger partial charge in [0.05, 0.1) is 23.1 Å². The number of hydrogen-bond acceptors (Lipinski definition) is 6. The van der Waals surface area contributed by atoms with E-state index in [0.29, 0.717) is 48.8 Å². The third-order valence-electron chi connectivity index (χ3n) is 7.59. The SMILES string of the molecule is COCC1(C(=O)c2nc3c(cc2C(F)(F)F)CNCC3)CCN(Cc2cc3c(ccc(=O)n3C)cc2Cl)C1. The monoisotopic (exact) mass is 548 g/mol.